The molecule has 0 aliphatic heterocycles. The smallest absolute Gasteiger partial charge is 0.337 e. The van der Waals surface area contributed by atoms with Crippen LogP contribution in [-0.4, -0.2) is 29.0 Å². The van der Waals surface area contributed by atoms with Gasteiger partial charge in [0.05, 0.1) is 25.1 Å². The van der Waals surface area contributed by atoms with E-state index in [2.05, 4.69) is 31.4 Å². The van der Waals surface area contributed by atoms with Gasteiger partial charge in [0.2, 0.25) is 0 Å². The summed E-state index contributed by atoms with van der Waals surface area (Å²) < 4.78 is 4.64. The van der Waals surface area contributed by atoms with Crippen molar-refractivity contribution in [2.45, 2.75) is 13.8 Å². The number of anilines is 3. The van der Waals surface area contributed by atoms with Crippen LogP contribution in [0.4, 0.5) is 17.2 Å². The minimum Gasteiger partial charge on any atom is -0.465 e. The fourth-order valence-electron chi connectivity index (χ4n) is 2.60. The zero-order chi connectivity index (χ0) is 20.1. The summed E-state index contributed by atoms with van der Waals surface area (Å²) in [4.78, 5) is 32.2. The van der Waals surface area contributed by atoms with Crippen LogP contribution in [0, 0.1) is 13.8 Å². The van der Waals surface area contributed by atoms with Crippen LogP contribution in [0.1, 0.15) is 32.0 Å². The lowest BCUT2D eigenvalue weighted by atomic mass is 10.1. The van der Waals surface area contributed by atoms with Crippen molar-refractivity contribution in [3.63, 3.8) is 0 Å². The summed E-state index contributed by atoms with van der Waals surface area (Å²) in [5.74, 6) is -0.280. The third kappa shape index (κ3) is 4.50. The van der Waals surface area contributed by atoms with E-state index >= 15 is 0 Å². The van der Waals surface area contributed by atoms with Crippen molar-refractivity contribution >= 4 is 29.1 Å². The summed E-state index contributed by atoms with van der Waals surface area (Å²) >= 11 is 0. The molecule has 7 heteroatoms. The van der Waals surface area contributed by atoms with Crippen LogP contribution < -0.4 is 10.6 Å². The first-order valence-electron chi connectivity index (χ1n) is 8.62. The third-order valence-corrected chi connectivity index (χ3v) is 4.09. The van der Waals surface area contributed by atoms with Crippen LogP contribution in [0.15, 0.2) is 54.9 Å². The van der Waals surface area contributed by atoms with E-state index < -0.39 is 11.9 Å². The normalized spacial score (nSPS) is 10.2. The summed E-state index contributed by atoms with van der Waals surface area (Å²) in [6.45, 7) is 4.04. The Morgan fingerprint density at radius 2 is 1.71 bits per heavy atom. The van der Waals surface area contributed by atoms with Gasteiger partial charge in [-0.3, -0.25) is 4.79 Å². The van der Waals surface area contributed by atoms with E-state index in [1.54, 1.807) is 24.3 Å². The second-order valence-electron chi connectivity index (χ2n) is 6.25. The molecule has 0 fully saturated rings. The maximum atomic E-state index is 12.3. The molecule has 3 rings (SSSR count). The molecule has 28 heavy (non-hydrogen) atoms. The molecule has 0 aliphatic carbocycles. The summed E-state index contributed by atoms with van der Waals surface area (Å²) in [5.41, 5.74) is 4.34. The summed E-state index contributed by atoms with van der Waals surface area (Å²) in [5, 5.41) is 5.90. The van der Waals surface area contributed by atoms with Crippen LogP contribution >= 0.6 is 0 Å². The number of methoxy groups -OCH3 is 1. The molecule has 2 aromatic carbocycles. The average Bonchev–Trinajstić information content (AvgIpc) is 2.70. The fraction of sp³-hybridized carbons (Fsp3) is 0.143. The van der Waals surface area contributed by atoms with E-state index in [0.717, 1.165) is 11.3 Å². The molecule has 0 atom stereocenters. The van der Waals surface area contributed by atoms with Crippen LogP contribution in [0.3, 0.4) is 0 Å². The molecule has 0 bridgehead atoms. The largest absolute Gasteiger partial charge is 0.465 e. The van der Waals surface area contributed by atoms with Gasteiger partial charge < -0.3 is 15.4 Å². The topological polar surface area (TPSA) is 93.2 Å². The SMILES string of the molecule is COC(=O)c1ccc(NC(=O)c2cnc(Nc3ccc(C)cc3C)cn2)cc1. The first-order chi connectivity index (χ1) is 13.5. The number of aromatic nitrogens is 2. The molecule has 1 heterocycles. The second kappa shape index (κ2) is 8.30. The van der Waals surface area contributed by atoms with Gasteiger partial charge in [0, 0.05) is 11.4 Å². The lowest BCUT2D eigenvalue weighted by molar-refractivity contribution is 0.0600. The quantitative estimate of drug-likeness (QED) is 0.657. The summed E-state index contributed by atoms with van der Waals surface area (Å²) in [6, 6.07) is 12.4. The number of amides is 1. The predicted molar refractivity (Wildman–Crippen MR) is 107 cm³/mol. The molecule has 1 amide bonds. The van der Waals surface area contributed by atoms with Crippen LogP contribution in [0.5, 0.6) is 0 Å². The van der Waals surface area contributed by atoms with E-state index in [-0.39, 0.29) is 5.69 Å². The van der Waals surface area contributed by atoms with Crippen molar-refractivity contribution in [3.8, 4) is 0 Å². The van der Waals surface area contributed by atoms with Crippen molar-refractivity contribution in [1.82, 2.24) is 9.97 Å². The second-order valence-corrected chi connectivity index (χ2v) is 6.25. The Morgan fingerprint density at radius 1 is 0.964 bits per heavy atom. The van der Waals surface area contributed by atoms with Gasteiger partial charge in [-0.25, -0.2) is 14.8 Å². The highest BCUT2D eigenvalue weighted by molar-refractivity contribution is 6.03. The first kappa shape index (κ1) is 19.0. The maximum absolute atomic E-state index is 12.3. The highest BCUT2D eigenvalue weighted by Crippen LogP contribution is 2.20. The number of nitrogens with zero attached hydrogens (tertiary/aromatic N) is 2. The fourth-order valence-corrected chi connectivity index (χ4v) is 2.60. The van der Waals surface area contributed by atoms with Gasteiger partial charge in [0.15, 0.2) is 0 Å². The number of nitrogens with one attached hydrogen (secondary N) is 2. The van der Waals surface area contributed by atoms with Gasteiger partial charge in [0.25, 0.3) is 5.91 Å². The highest BCUT2D eigenvalue weighted by Gasteiger charge is 2.10. The number of aryl methyl sites for hydroxylation is 2. The Labute approximate surface area is 162 Å². The number of ether oxygens (including phenoxy) is 1. The predicted octanol–water partition coefficient (Wildman–Crippen LogP) is 3.88. The molecule has 0 saturated carbocycles. The van der Waals surface area contributed by atoms with Crippen molar-refractivity contribution in [3.05, 3.63) is 77.2 Å². The number of rotatable bonds is 5. The number of hydrogen-bond acceptors (Lipinski definition) is 6. The zero-order valence-electron chi connectivity index (χ0n) is 15.8. The standard InChI is InChI=1S/C21H20N4O3/c1-13-4-9-17(14(2)10-13)25-19-12-22-18(11-23-19)20(26)24-16-7-5-15(6-8-16)21(27)28-3/h4-12H,1-3H3,(H,23,25)(H,24,26). The number of hydrogen-bond donors (Lipinski definition) is 2. The van der Waals surface area contributed by atoms with E-state index in [1.165, 1.54) is 25.1 Å². The minimum atomic E-state index is -0.435. The molecule has 2 N–H and O–H groups in total. The number of carbonyl (C=O) groups is 2. The van der Waals surface area contributed by atoms with Crippen LogP contribution in [0.25, 0.3) is 0 Å². The molecule has 7 nitrogen and oxygen atoms in total. The van der Waals surface area contributed by atoms with Gasteiger partial charge in [0.1, 0.15) is 11.5 Å². The highest BCUT2D eigenvalue weighted by atomic mass is 16.5. The molecule has 0 saturated heterocycles. The summed E-state index contributed by atoms with van der Waals surface area (Å²) in [6.07, 6.45) is 2.92. The lowest BCUT2D eigenvalue weighted by Gasteiger charge is -2.10. The van der Waals surface area contributed by atoms with E-state index in [0.29, 0.717) is 17.1 Å². The number of esters is 1. The average molecular weight is 376 g/mol. The monoisotopic (exact) mass is 376 g/mol. The van der Waals surface area contributed by atoms with Gasteiger partial charge in [-0.15, -0.1) is 0 Å². The van der Waals surface area contributed by atoms with Gasteiger partial charge in [-0.1, -0.05) is 17.7 Å². The molecule has 142 valence electrons. The Morgan fingerprint density at radius 3 is 2.32 bits per heavy atom. The van der Waals surface area contributed by atoms with Gasteiger partial charge in [-0.05, 0) is 49.7 Å². The Balaban J connectivity index is 1.65. The van der Waals surface area contributed by atoms with Crippen LogP contribution in [0.2, 0.25) is 0 Å². The Kier molecular flexibility index (Phi) is 5.64. The molecule has 0 radical (unpaired) electrons. The van der Waals surface area contributed by atoms with Gasteiger partial charge >= 0.3 is 5.97 Å². The van der Waals surface area contributed by atoms with Crippen molar-refractivity contribution in [2.75, 3.05) is 17.7 Å². The Bertz CT molecular complexity index is 999. The third-order valence-electron chi connectivity index (χ3n) is 4.09. The minimum absolute atomic E-state index is 0.184. The lowest BCUT2D eigenvalue weighted by Crippen LogP contribution is -2.14. The van der Waals surface area contributed by atoms with E-state index in [1.807, 2.05) is 26.0 Å². The molecule has 0 aliphatic rings. The maximum Gasteiger partial charge on any atom is 0.337 e. The number of benzene rings is 2. The zero-order valence-corrected chi connectivity index (χ0v) is 15.8. The molecular formula is C21H20N4O3. The Hall–Kier alpha value is -3.74. The van der Waals surface area contributed by atoms with Crippen molar-refractivity contribution in [1.29, 1.82) is 0 Å². The molecule has 0 spiro atoms. The molecular weight excluding hydrogens is 356 g/mol. The molecule has 0 unspecified atom stereocenters. The van der Waals surface area contributed by atoms with Crippen molar-refractivity contribution in [2.24, 2.45) is 0 Å². The van der Waals surface area contributed by atoms with E-state index in [4.69, 9.17) is 0 Å². The van der Waals surface area contributed by atoms with Gasteiger partial charge in [-0.2, -0.15) is 0 Å². The van der Waals surface area contributed by atoms with Crippen molar-refractivity contribution < 1.29 is 14.3 Å². The van der Waals surface area contributed by atoms with Crippen LogP contribution in [-0.2, 0) is 4.74 Å². The molecule has 3 aromatic rings. The molecule has 1 aromatic heterocycles. The van der Waals surface area contributed by atoms with E-state index in [9.17, 15) is 9.59 Å². The summed E-state index contributed by atoms with van der Waals surface area (Å²) in [7, 11) is 1.31. The number of carbonyl (C=O) groups excluding carboxylic acids is 2. The first-order valence-corrected chi connectivity index (χ1v) is 8.62.